The molecular weight excluding hydrogens is 339 g/mol. The molecule has 1 unspecified atom stereocenters. The van der Waals surface area contributed by atoms with Crippen molar-refractivity contribution in [2.75, 3.05) is 5.88 Å². The number of nitrogens with zero attached hydrogens (tertiary/aromatic N) is 1. The molecule has 6 nitrogen and oxygen atoms in total. The number of hydrogen-bond acceptors (Lipinski definition) is 4. The Balaban J connectivity index is 2.38. The molecule has 0 aliphatic carbocycles. The number of aromatic nitrogens is 2. The zero-order valence-corrected chi connectivity index (χ0v) is 12.1. The largest absolute Gasteiger partial charge is 0.390 e. The van der Waals surface area contributed by atoms with Gasteiger partial charge in [-0.25, -0.2) is 4.79 Å². The maximum absolute atomic E-state index is 11.8. The number of hydrogen-bond donors (Lipinski definition) is 2. The highest BCUT2D eigenvalue weighted by atomic mass is 79.9. The van der Waals surface area contributed by atoms with Crippen LogP contribution in [0.15, 0.2) is 20.8 Å². The predicted molar refractivity (Wildman–Crippen MR) is 74.5 cm³/mol. The first-order chi connectivity index (χ1) is 9.06. The Hall–Kier alpha value is -0.890. The molecule has 0 amide bonds. The fourth-order valence-electron chi connectivity index (χ4n) is 1.93. The van der Waals surface area contributed by atoms with Crippen LogP contribution in [0.25, 0.3) is 6.08 Å². The van der Waals surface area contributed by atoms with Gasteiger partial charge < -0.3 is 9.84 Å². The molecule has 104 valence electrons. The maximum atomic E-state index is 11.8. The average Bonchev–Trinajstić information content (AvgIpc) is 2.74. The van der Waals surface area contributed by atoms with Crippen LogP contribution in [-0.2, 0) is 4.74 Å². The van der Waals surface area contributed by atoms with E-state index in [2.05, 4.69) is 20.9 Å². The van der Waals surface area contributed by atoms with Crippen molar-refractivity contribution < 1.29 is 9.84 Å². The van der Waals surface area contributed by atoms with Crippen molar-refractivity contribution in [2.45, 2.75) is 24.9 Å². The zero-order valence-electron chi connectivity index (χ0n) is 9.75. The van der Waals surface area contributed by atoms with E-state index >= 15 is 0 Å². The maximum Gasteiger partial charge on any atom is 0.330 e. The highest BCUT2D eigenvalue weighted by Gasteiger charge is 2.34. The molecular formula is C11H12BrClN2O4. The van der Waals surface area contributed by atoms with E-state index in [1.54, 1.807) is 0 Å². The molecule has 8 heteroatoms. The molecule has 3 atom stereocenters. The van der Waals surface area contributed by atoms with E-state index in [0.29, 0.717) is 5.56 Å². The fourth-order valence-corrected chi connectivity index (χ4v) is 2.49. The lowest BCUT2D eigenvalue weighted by atomic mass is 10.2. The van der Waals surface area contributed by atoms with Gasteiger partial charge in [-0.05, 0) is 11.1 Å². The Bertz CT molecular complexity index is 597. The molecule has 1 saturated heterocycles. The van der Waals surface area contributed by atoms with Crippen LogP contribution in [0.5, 0.6) is 0 Å². The topological polar surface area (TPSA) is 84.3 Å². The number of aliphatic hydroxyl groups excluding tert-OH is 1. The van der Waals surface area contributed by atoms with Crippen molar-refractivity contribution in [3.05, 3.63) is 37.6 Å². The fraction of sp³-hybridized carbons (Fsp3) is 0.455. The van der Waals surface area contributed by atoms with Crippen LogP contribution in [0.4, 0.5) is 0 Å². The molecule has 0 saturated carbocycles. The number of halogens is 2. The predicted octanol–water partition coefficient (Wildman–Crippen LogP) is 0.789. The zero-order chi connectivity index (χ0) is 14.0. The summed E-state index contributed by atoms with van der Waals surface area (Å²) in [7, 11) is 0. The van der Waals surface area contributed by atoms with Gasteiger partial charge in [-0.1, -0.05) is 15.9 Å². The molecule has 2 heterocycles. The quantitative estimate of drug-likeness (QED) is 0.789. The first-order valence-corrected chi connectivity index (χ1v) is 7.03. The van der Waals surface area contributed by atoms with Gasteiger partial charge >= 0.3 is 5.69 Å². The van der Waals surface area contributed by atoms with Crippen LogP contribution < -0.4 is 11.2 Å². The van der Waals surface area contributed by atoms with Crippen LogP contribution in [0.3, 0.4) is 0 Å². The molecule has 1 aromatic rings. The minimum absolute atomic E-state index is 0.143. The highest BCUT2D eigenvalue weighted by Crippen LogP contribution is 2.28. The lowest BCUT2D eigenvalue weighted by Gasteiger charge is -2.14. The number of alkyl halides is 1. The minimum Gasteiger partial charge on any atom is -0.390 e. The number of nitrogens with one attached hydrogen (secondary N) is 1. The van der Waals surface area contributed by atoms with Gasteiger partial charge in [0.15, 0.2) is 0 Å². The summed E-state index contributed by atoms with van der Waals surface area (Å²) in [5.41, 5.74) is -0.752. The second-order valence-electron chi connectivity index (χ2n) is 4.13. The van der Waals surface area contributed by atoms with E-state index in [1.165, 1.54) is 21.8 Å². The molecule has 0 aromatic carbocycles. The van der Waals surface area contributed by atoms with Crippen LogP contribution >= 0.6 is 27.5 Å². The summed E-state index contributed by atoms with van der Waals surface area (Å²) < 4.78 is 6.74. The van der Waals surface area contributed by atoms with E-state index in [4.69, 9.17) is 16.3 Å². The molecule has 0 bridgehead atoms. The average molecular weight is 352 g/mol. The van der Waals surface area contributed by atoms with Crippen molar-refractivity contribution in [3.8, 4) is 0 Å². The van der Waals surface area contributed by atoms with Crippen molar-refractivity contribution in [1.82, 2.24) is 9.55 Å². The Labute approximate surface area is 121 Å². The van der Waals surface area contributed by atoms with Crippen LogP contribution in [-0.4, -0.2) is 32.7 Å². The molecule has 0 spiro atoms. The Morgan fingerprint density at radius 1 is 1.63 bits per heavy atom. The second-order valence-corrected chi connectivity index (χ2v) is 4.97. The summed E-state index contributed by atoms with van der Waals surface area (Å²) in [6.07, 6.45) is 1.29. The van der Waals surface area contributed by atoms with Crippen molar-refractivity contribution >= 4 is 33.6 Å². The van der Waals surface area contributed by atoms with E-state index in [1.807, 2.05) is 0 Å². The standard InChI is InChI=1S/C11H12BrClN2O4/c12-2-1-6-5-15(11(18)14-10(6)17)9-3-7(16)8(4-13)19-9/h1-2,5,7-9,16H,3-4H2,(H,14,17,18)/b2-1+/t7?,8-,9-/m0/s1. The van der Waals surface area contributed by atoms with Gasteiger partial charge in [-0.3, -0.25) is 14.3 Å². The smallest absolute Gasteiger partial charge is 0.330 e. The Morgan fingerprint density at radius 3 is 2.95 bits per heavy atom. The minimum atomic E-state index is -0.725. The van der Waals surface area contributed by atoms with Crippen LogP contribution in [0.2, 0.25) is 0 Å². The monoisotopic (exact) mass is 350 g/mol. The van der Waals surface area contributed by atoms with Crippen LogP contribution in [0.1, 0.15) is 18.2 Å². The molecule has 1 aromatic heterocycles. The van der Waals surface area contributed by atoms with E-state index < -0.39 is 29.7 Å². The summed E-state index contributed by atoms with van der Waals surface area (Å²) in [6.45, 7) is 0. The van der Waals surface area contributed by atoms with E-state index in [9.17, 15) is 14.7 Å². The first-order valence-electron chi connectivity index (χ1n) is 5.58. The van der Waals surface area contributed by atoms with Crippen molar-refractivity contribution in [2.24, 2.45) is 0 Å². The van der Waals surface area contributed by atoms with E-state index in [0.717, 1.165) is 0 Å². The summed E-state index contributed by atoms with van der Waals surface area (Å²) in [5, 5.41) is 9.72. The number of H-pyrrole nitrogens is 1. The number of ether oxygens (including phenoxy) is 1. The molecule has 2 rings (SSSR count). The third-order valence-electron chi connectivity index (χ3n) is 2.90. The summed E-state index contributed by atoms with van der Waals surface area (Å²) >= 11 is 8.72. The number of aromatic amines is 1. The second kappa shape index (κ2) is 6.04. The lowest BCUT2D eigenvalue weighted by Crippen LogP contribution is -2.33. The molecule has 0 radical (unpaired) electrons. The highest BCUT2D eigenvalue weighted by molar-refractivity contribution is 9.11. The summed E-state index contributed by atoms with van der Waals surface area (Å²) in [5.74, 6) is 0.143. The molecule has 1 aliphatic heterocycles. The Kier molecular flexibility index (Phi) is 4.62. The Morgan fingerprint density at radius 2 is 2.37 bits per heavy atom. The molecule has 1 fully saturated rings. The van der Waals surface area contributed by atoms with Gasteiger partial charge in [0.2, 0.25) is 0 Å². The third kappa shape index (κ3) is 3.00. The third-order valence-corrected chi connectivity index (χ3v) is 3.47. The van der Waals surface area contributed by atoms with Gasteiger partial charge in [-0.15, -0.1) is 11.6 Å². The van der Waals surface area contributed by atoms with Gasteiger partial charge in [0, 0.05) is 12.6 Å². The normalized spacial score (nSPS) is 27.2. The summed E-state index contributed by atoms with van der Waals surface area (Å²) in [6, 6.07) is 0. The summed E-state index contributed by atoms with van der Waals surface area (Å²) in [4.78, 5) is 27.0. The SMILES string of the molecule is O=c1[nH]c(=O)n([C@@H]2CC(O)[C@H](CCl)O2)cc1/C=C/Br. The molecule has 19 heavy (non-hydrogen) atoms. The van der Waals surface area contributed by atoms with Gasteiger partial charge in [0.05, 0.1) is 23.7 Å². The van der Waals surface area contributed by atoms with Crippen molar-refractivity contribution in [3.63, 3.8) is 0 Å². The number of aliphatic hydroxyl groups is 1. The van der Waals surface area contributed by atoms with E-state index in [-0.39, 0.29) is 12.3 Å². The van der Waals surface area contributed by atoms with Crippen LogP contribution in [0, 0.1) is 0 Å². The number of rotatable bonds is 3. The van der Waals surface area contributed by atoms with Gasteiger partial charge in [0.25, 0.3) is 5.56 Å². The van der Waals surface area contributed by atoms with Gasteiger partial charge in [-0.2, -0.15) is 0 Å². The first kappa shape index (κ1) is 14.5. The molecule has 1 aliphatic rings. The van der Waals surface area contributed by atoms with Gasteiger partial charge in [0.1, 0.15) is 6.23 Å². The van der Waals surface area contributed by atoms with Crippen molar-refractivity contribution in [1.29, 1.82) is 0 Å². The molecule has 2 N–H and O–H groups in total. The lowest BCUT2D eigenvalue weighted by molar-refractivity contribution is -0.00827.